The first-order valence-corrected chi connectivity index (χ1v) is 5.28. The Kier molecular flexibility index (Phi) is 3.29. The highest BCUT2D eigenvalue weighted by atomic mass is 19.4. The number of nitriles is 1. The van der Waals surface area contributed by atoms with Crippen LogP contribution in [0.15, 0.2) is 12.5 Å². The Morgan fingerprint density at radius 2 is 1.95 bits per heavy atom. The average Bonchev–Trinajstić information content (AvgIpc) is 2.82. The molecule has 10 heteroatoms. The summed E-state index contributed by atoms with van der Waals surface area (Å²) >= 11 is 0. The van der Waals surface area contributed by atoms with E-state index < -0.39 is 24.9 Å². The van der Waals surface area contributed by atoms with E-state index in [1.54, 1.807) is 6.07 Å². The Labute approximate surface area is 108 Å². The van der Waals surface area contributed by atoms with E-state index in [2.05, 4.69) is 15.1 Å². The SMILES string of the molecule is N#Cc1cn2ncnc2c(CCC(F)(F)C(F)(F)F)n1. The molecule has 0 fully saturated rings. The van der Waals surface area contributed by atoms with Crippen LogP contribution in [0.5, 0.6) is 0 Å². The van der Waals surface area contributed by atoms with Crippen LogP contribution in [-0.4, -0.2) is 31.7 Å². The lowest BCUT2D eigenvalue weighted by Crippen LogP contribution is -2.36. The Balaban J connectivity index is 2.30. The van der Waals surface area contributed by atoms with E-state index in [1.165, 1.54) is 6.20 Å². The molecule has 0 aromatic carbocycles. The topological polar surface area (TPSA) is 66.9 Å². The molecule has 106 valence electrons. The summed E-state index contributed by atoms with van der Waals surface area (Å²) in [7, 11) is 0. The van der Waals surface area contributed by atoms with Crippen molar-refractivity contribution in [1.82, 2.24) is 19.6 Å². The van der Waals surface area contributed by atoms with Crippen LogP contribution < -0.4 is 0 Å². The highest BCUT2D eigenvalue weighted by Gasteiger charge is 2.56. The maximum absolute atomic E-state index is 12.9. The van der Waals surface area contributed by atoms with Crippen LogP contribution in [0.4, 0.5) is 22.0 Å². The van der Waals surface area contributed by atoms with Gasteiger partial charge < -0.3 is 0 Å². The summed E-state index contributed by atoms with van der Waals surface area (Å²) in [5, 5.41) is 12.4. The van der Waals surface area contributed by atoms with Gasteiger partial charge in [0.2, 0.25) is 0 Å². The van der Waals surface area contributed by atoms with Gasteiger partial charge in [0.15, 0.2) is 11.3 Å². The van der Waals surface area contributed by atoms with Crippen LogP contribution in [0, 0.1) is 11.3 Å². The minimum atomic E-state index is -5.62. The zero-order valence-corrected chi connectivity index (χ0v) is 9.69. The second-order valence-corrected chi connectivity index (χ2v) is 3.92. The second kappa shape index (κ2) is 4.66. The molecule has 0 unspecified atom stereocenters. The standard InChI is InChI=1S/C10H6F5N5/c11-9(12,10(13,14)15)2-1-7-8-17-5-18-20(8)4-6(3-16)19-7/h4-5H,1-2H2. The second-order valence-electron chi connectivity index (χ2n) is 3.92. The monoisotopic (exact) mass is 291 g/mol. The van der Waals surface area contributed by atoms with Gasteiger partial charge in [-0.05, 0) is 6.42 Å². The summed E-state index contributed by atoms with van der Waals surface area (Å²) in [6, 6.07) is 1.67. The van der Waals surface area contributed by atoms with Gasteiger partial charge in [0.05, 0.1) is 11.9 Å². The third-order valence-electron chi connectivity index (χ3n) is 2.54. The number of rotatable bonds is 3. The van der Waals surface area contributed by atoms with E-state index in [9.17, 15) is 22.0 Å². The Morgan fingerprint density at radius 1 is 1.25 bits per heavy atom. The summed E-state index contributed by atoms with van der Waals surface area (Å²) in [5.41, 5.74) is -0.235. The summed E-state index contributed by atoms with van der Waals surface area (Å²) in [6.45, 7) is 0. The zero-order valence-electron chi connectivity index (χ0n) is 9.69. The largest absolute Gasteiger partial charge is 0.453 e. The fourth-order valence-electron chi connectivity index (χ4n) is 1.53. The zero-order chi connectivity index (χ0) is 15.0. The molecule has 0 bridgehead atoms. The van der Waals surface area contributed by atoms with Crippen molar-refractivity contribution in [3.8, 4) is 6.07 Å². The van der Waals surface area contributed by atoms with Crippen LogP contribution in [-0.2, 0) is 6.42 Å². The number of halogens is 5. The Bertz CT molecular complexity index is 669. The maximum Gasteiger partial charge on any atom is 0.453 e. The van der Waals surface area contributed by atoms with E-state index in [-0.39, 0.29) is 17.0 Å². The van der Waals surface area contributed by atoms with Crippen molar-refractivity contribution in [1.29, 1.82) is 5.26 Å². The predicted molar refractivity (Wildman–Crippen MR) is 54.8 cm³/mol. The summed E-state index contributed by atoms with van der Waals surface area (Å²) in [5.74, 6) is -4.83. The van der Waals surface area contributed by atoms with Gasteiger partial charge in [-0.2, -0.15) is 32.3 Å². The average molecular weight is 291 g/mol. The van der Waals surface area contributed by atoms with E-state index in [0.717, 1.165) is 10.8 Å². The van der Waals surface area contributed by atoms with Gasteiger partial charge in [-0.3, -0.25) is 0 Å². The molecule has 2 heterocycles. The smallest absolute Gasteiger partial charge is 0.237 e. The van der Waals surface area contributed by atoms with Gasteiger partial charge in [0.1, 0.15) is 12.4 Å². The van der Waals surface area contributed by atoms with Crippen molar-refractivity contribution in [2.75, 3.05) is 0 Å². The molecule has 0 saturated heterocycles. The molecular formula is C10H6F5N5. The lowest BCUT2D eigenvalue weighted by molar-refractivity contribution is -0.284. The Morgan fingerprint density at radius 3 is 2.55 bits per heavy atom. The number of hydrogen-bond donors (Lipinski definition) is 0. The third-order valence-corrected chi connectivity index (χ3v) is 2.54. The molecule has 0 aliphatic heterocycles. The van der Waals surface area contributed by atoms with Crippen molar-refractivity contribution in [2.45, 2.75) is 24.9 Å². The molecule has 0 aliphatic rings. The molecule has 0 amide bonds. The van der Waals surface area contributed by atoms with Crippen molar-refractivity contribution >= 4 is 5.65 Å². The number of alkyl halides is 5. The molecular weight excluding hydrogens is 285 g/mol. The molecule has 0 aliphatic carbocycles. The third kappa shape index (κ3) is 2.52. The first-order chi connectivity index (χ1) is 9.24. The fourth-order valence-corrected chi connectivity index (χ4v) is 1.53. The van der Waals surface area contributed by atoms with Crippen LogP contribution >= 0.6 is 0 Å². The molecule has 0 spiro atoms. The minimum absolute atomic E-state index is 0.0435. The molecule has 2 rings (SSSR count). The van der Waals surface area contributed by atoms with Crippen LogP contribution in [0.2, 0.25) is 0 Å². The van der Waals surface area contributed by atoms with Crippen LogP contribution in [0.1, 0.15) is 17.8 Å². The summed E-state index contributed by atoms with van der Waals surface area (Å²) in [4.78, 5) is 7.40. The normalized spacial score (nSPS) is 12.6. The van der Waals surface area contributed by atoms with Crippen molar-refractivity contribution in [2.24, 2.45) is 0 Å². The highest BCUT2D eigenvalue weighted by Crippen LogP contribution is 2.38. The summed E-state index contributed by atoms with van der Waals surface area (Å²) in [6.07, 6.45) is -5.48. The van der Waals surface area contributed by atoms with Crippen LogP contribution in [0.3, 0.4) is 0 Å². The highest BCUT2D eigenvalue weighted by molar-refractivity contribution is 5.44. The van der Waals surface area contributed by atoms with Crippen molar-refractivity contribution in [3.63, 3.8) is 0 Å². The summed E-state index contributed by atoms with van der Waals surface area (Å²) < 4.78 is 63.1. The number of aromatic nitrogens is 4. The van der Waals surface area contributed by atoms with E-state index >= 15 is 0 Å². The molecule has 0 saturated carbocycles. The molecule has 0 N–H and O–H groups in total. The number of nitrogens with zero attached hydrogens (tertiary/aromatic N) is 5. The van der Waals surface area contributed by atoms with Gasteiger partial charge in [0, 0.05) is 6.42 Å². The van der Waals surface area contributed by atoms with Crippen molar-refractivity contribution in [3.05, 3.63) is 23.9 Å². The molecule has 0 radical (unpaired) electrons. The lowest BCUT2D eigenvalue weighted by Gasteiger charge is -2.19. The molecule has 20 heavy (non-hydrogen) atoms. The maximum atomic E-state index is 12.9. The molecule has 2 aromatic rings. The molecule has 0 atom stereocenters. The number of fused-ring (bicyclic) bond motifs is 1. The van der Waals surface area contributed by atoms with E-state index in [1.807, 2.05) is 0 Å². The minimum Gasteiger partial charge on any atom is -0.237 e. The Hall–Kier alpha value is -2.31. The predicted octanol–water partition coefficient (Wildman–Crippen LogP) is 2.13. The van der Waals surface area contributed by atoms with Gasteiger partial charge in [0.25, 0.3) is 0 Å². The first kappa shape index (κ1) is 14.1. The van der Waals surface area contributed by atoms with Gasteiger partial charge in [-0.1, -0.05) is 0 Å². The van der Waals surface area contributed by atoms with Crippen LogP contribution in [0.25, 0.3) is 5.65 Å². The number of hydrogen-bond acceptors (Lipinski definition) is 4. The van der Waals surface area contributed by atoms with E-state index in [0.29, 0.717) is 0 Å². The lowest BCUT2D eigenvalue weighted by atomic mass is 10.1. The molecule has 2 aromatic heterocycles. The fraction of sp³-hybridized carbons (Fsp3) is 0.400. The van der Waals surface area contributed by atoms with Gasteiger partial charge in [-0.15, -0.1) is 0 Å². The van der Waals surface area contributed by atoms with Gasteiger partial charge >= 0.3 is 12.1 Å². The number of aryl methyl sites for hydroxylation is 1. The van der Waals surface area contributed by atoms with E-state index in [4.69, 9.17) is 5.26 Å². The molecule has 5 nitrogen and oxygen atoms in total. The van der Waals surface area contributed by atoms with Gasteiger partial charge in [-0.25, -0.2) is 14.5 Å². The quantitative estimate of drug-likeness (QED) is 0.812. The first-order valence-electron chi connectivity index (χ1n) is 5.28. The van der Waals surface area contributed by atoms with Crippen molar-refractivity contribution < 1.29 is 22.0 Å².